The Morgan fingerprint density at radius 2 is 2.12 bits per heavy atom. The van der Waals surface area contributed by atoms with Crippen molar-refractivity contribution < 1.29 is 0 Å². The topological polar surface area (TPSA) is 77.6 Å². The summed E-state index contributed by atoms with van der Waals surface area (Å²) in [5, 5.41) is 9.77. The molecule has 1 aliphatic heterocycles. The van der Waals surface area contributed by atoms with Gasteiger partial charge in [-0.05, 0) is 44.1 Å². The molecule has 0 spiro atoms. The maximum Gasteiger partial charge on any atom is 0.277 e. The Labute approximate surface area is 153 Å². The van der Waals surface area contributed by atoms with Crippen LogP contribution in [0, 0.1) is 0 Å². The minimum atomic E-state index is -0.0593. The van der Waals surface area contributed by atoms with Crippen LogP contribution in [-0.2, 0) is 7.05 Å². The Bertz CT molecular complexity index is 1170. The fourth-order valence-corrected chi connectivity index (χ4v) is 4.66. The second-order valence-corrected chi connectivity index (χ2v) is 7.73. The van der Waals surface area contributed by atoms with Gasteiger partial charge in [0.05, 0.1) is 16.2 Å². The molecule has 8 heteroatoms. The van der Waals surface area contributed by atoms with Gasteiger partial charge in [-0.3, -0.25) is 14.0 Å². The van der Waals surface area contributed by atoms with E-state index in [1.54, 1.807) is 15.6 Å². The molecule has 7 nitrogen and oxygen atoms in total. The van der Waals surface area contributed by atoms with E-state index in [0.717, 1.165) is 47.5 Å². The fourth-order valence-electron chi connectivity index (χ4n) is 3.54. The van der Waals surface area contributed by atoms with E-state index in [1.165, 1.54) is 11.3 Å². The van der Waals surface area contributed by atoms with Gasteiger partial charge in [0.25, 0.3) is 5.56 Å². The van der Waals surface area contributed by atoms with E-state index in [-0.39, 0.29) is 5.56 Å². The second kappa shape index (κ2) is 6.00. The molecule has 3 aromatic heterocycles. The first-order valence-electron chi connectivity index (χ1n) is 8.71. The molecule has 0 amide bonds. The van der Waals surface area contributed by atoms with Gasteiger partial charge in [-0.1, -0.05) is 0 Å². The molecular weight excluding hydrogens is 348 g/mol. The van der Waals surface area contributed by atoms with E-state index >= 15 is 0 Å². The lowest BCUT2D eigenvalue weighted by Crippen LogP contribution is -2.26. The lowest BCUT2D eigenvalue weighted by atomic mass is 9.99. The van der Waals surface area contributed by atoms with Crippen LogP contribution in [-0.4, -0.2) is 37.4 Å². The maximum atomic E-state index is 13.0. The highest BCUT2D eigenvalue weighted by molar-refractivity contribution is 7.18. The molecule has 0 bridgehead atoms. The number of piperidine rings is 1. The van der Waals surface area contributed by atoms with E-state index in [9.17, 15) is 4.79 Å². The lowest BCUT2D eigenvalue weighted by Gasteiger charge is -2.19. The second-order valence-electron chi connectivity index (χ2n) is 6.69. The summed E-state index contributed by atoms with van der Waals surface area (Å²) in [6.45, 7) is 2.01. The number of hydrogen-bond donors (Lipinski definition) is 1. The Morgan fingerprint density at radius 1 is 1.27 bits per heavy atom. The van der Waals surface area contributed by atoms with Gasteiger partial charge in [0.1, 0.15) is 11.0 Å². The predicted molar refractivity (Wildman–Crippen MR) is 102 cm³/mol. The van der Waals surface area contributed by atoms with Crippen LogP contribution < -0.4 is 10.9 Å². The minimum absolute atomic E-state index is 0.0593. The first kappa shape index (κ1) is 15.7. The van der Waals surface area contributed by atoms with Crippen LogP contribution >= 0.6 is 11.3 Å². The molecule has 1 aromatic carbocycles. The lowest BCUT2D eigenvalue weighted by molar-refractivity contribution is 0.459. The Hall–Kier alpha value is -2.58. The van der Waals surface area contributed by atoms with Crippen LogP contribution in [0.25, 0.3) is 26.9 Å². The fraction of sp³-hybridized carbons (Fsp3) is 0.333. The van der Waals surface area contributed by atoms with Gasteiger partial charge in [-0.25, -0.2) is 9.97 Å². The number of benzene rings is 1. The molecule has 1 saturated heterocycles. The van der Waals surface area contributed by atoms with Crippen LogP contribution in [0.2, 0.25) is 0 Å². The Kier molecular flexibility index (Phi) is 3.61. The highest BCUT2D eigenvalue weighted by atomic mass is 32.1. The molecule has 0 unspecified atom stereocenters. The van der Waals surface area contributed by atoms with Gasteiger partial charge in [0, 0.05) is 24.5 Å². The zero-order valence-electron chi connectivity index (χ0n) is 14.3. The number of hydrogen-bond acceptors (Lipinski definition) is 6. The van der Waals surface area contributed by atoms with Crippen LogP contribution in [0.4, 0.5) is 0 Å². The number of aryl methyl sites for hydroxylation is 1. The standard InChI is InChI=1S/C18H18N6OS/c1-23-9-12-8-13(2-3-14(12)22-23)24-10-20-16-15(18(24)25)26-17(21-16)11-4-6-19-7-5-11/h2-3,8-11,19H,4-7H2,1H3. The highest BCUT2D eigenvalue weighted by Gasteiger charge is 2.21. The minimum Gasteiger partial charge on any atom is -0.317 e. The molecule has 0 saturated carbocycles. The van der Waals surface area contributed by atoms with Gasteiger partial charge < -0.3 is 5.32 Å². The number of nitrogens with zero attached hydrogens (tertiary/aromatic N) is 5. The maximum absolute atomic E-state index is 13.0. The van der Waals surface area contributed by atoms with E-state index < -0.39 is 0 Å². The number of thiazole rings is 1. The number of fused-ring (bicyclic) bond motifs is 2. The quantitative estimate of drug-likeness (QED) is 0.588. The molecule has 5 rings (SSSR count). The van der Waals surface area contributed by atoms with Gasteiger partial charge in [0.2, 0.25) is 0 Å². The van der Waals surface area contributed by atoms with Crippen molar-refractivity contribution in [3.05, 3.63) is 46.1 Å². The Balaban J connectivity index is 1.61. The highest BCUT2D eigenvalue weighted by Crippen LogP contribution is 2.30. The zero-order valence-corrected chi connectivity index (χ0v) is 15.2. The number of nitrogens with one attached hydrogen (secondary N) is 1. The van der Waals surface area contributed by atoms with Crippen LogP contribution in [0.1, 0.15) is 23.8 Å². The molecule has 4 aromatic rings. The summed E-state index contributed by atoms with van der Waals surface area (Å²) in [5.41, 5.74) is 2.20. The third-order valence-electron chi connectivity index (χ3n) is 4.90. The third-order valence-corrected chi connectivity index (χ3v) is 6.10. The SMILES string of the molecule is Cn1cc2cc(-n3cnc4nc(C5CCNCC5)sc4c3=O)ccc2n1. The molecule has 4 heterocycles. The first-order valence-corrected chi connectivity index (χ1v) is 9.53. The van der Waals surface area contributed by atoms with E-state index in [2.05, 4.69) is 20.4 Å². The smallest absolute Gasteiger partial charge is 0.277 e. The summed E-state index contributed by atoms with van der Waals surface area (Å²) in [7, 11) is 1.89. The van der Waals surface area contributed by atoms with Crippen molar-refractivity contribution in [1.29, 1.82) is 0 Å². The van der Waals surface area contributed by atoms with E-state index in [0.29, 0.717) is 16.3 Å². The summed E-state index contributed by atoms with van der Waals surface area (Å²) in [6.07, 6.45) is 5.64. The van der Waals surface area contributed by atoms with Crippen molar-refractivity contribution in [3.8, 4) is 5.69 Å². The molecular formula is C18H18N6OS. The molecule has 1 aliphatic rings. The zero-order chi connectivity index (χ0) is 17.7. The van der Waals surface area contributed by atoms with Crippen molar-refractivity contribution in [2.45, 2.75) is 18.8 Å². The first-order chi connectivity index (χ1) is 12.7. The summed E-state index contributed by atoms with van der Waals surface area (Å²) in [5.74, 6) is 0.426. The van der Waals surface area contributed by atoms with Crippen molar-refractivity contribution in [3.63, 3.8) is 0 Å². The van der Waals surface area contributed by atoms with Crippen molar-refractivity contribution in [2.24, 2.45) is 7.05 Å². The molecule has 132 valence electrons. The summed E-state index contributed by atoms with van der Waals surface area (Å²) in [6, 6.07) is 5.79. The van der Waals surface area contributed by atoms with Crippen LogP contribution in [0.3, 0.4) is 0 Å². The van der Waals surface area contributed by atoms with Crippen molar-refractivity contribution in [1.82, 2.24) is 29.6 Å². The summed E-state index contributed by atoms with van der Waals surface area (Å²) in [4.78, 5) is 22.1. The molecule has 1 fully saturated rings. The molecule has 0 radical (unpaired) electrons. The van der Waals surface area contributed by atoms with Crippen LogP contribution in [0.15, 0.2) is 35.5 Å². The Morgan fingerprint density at radius 3 is 2.96 bits per heavy atom. The number of rotatable bonds is 2. The molecule has 26 heavy (non-hydrogen) atoms. The van der Waals surface area contributed by atoms with Crippen LogP contribution in [0.5, 0.6) is 0 Å². The van der Waals surface area contributed by atoms with Gasteiger partial charge in [0.15, 0.2) is 5.65 Å². The largest absolute Gasteiger partial charge is 0.317 e. The molecule has 0 atom stereocenters. The average Bonchev–Trinajstić information content (AvgIpc) is 3.25. The van der Waals surface area contributed by atoms with E-state index in [1.807, 2.05) is 31.4 Å². The number of aromatic nitrogens is 5. The van der Waals surface area contributed by atoms with E-state index in [4.69, 9.17) is 0 Å². The van der Waals surface area contributed by atoms with Gasteiger partial charge in [-0.2, -0.15) is 5.10 Å². The molecule has 0 aliphatic carbocycles. The van der Waals surface area contributed by atoms with Gasteiger partial charge in [-0.15, -0.1) is 11.3 Å². The monoisotopic (exact) mass is 366 g/mol. The van der Waals surface area contributed by atoms with Gasteiger partial charge >= 0.3 is 0 Å². The summed E-state index contributed by atoms with van der Waals surface area (Å²) >= 11 is 1.50. The molecule has 1 N–H and O–H groups in total. The average molecular weight is 366 g/mol. The normalized spacial score (nSPS) is 15.9. The van der Waals surface area contributed by atoms with Crippen molar-refractivity contribution >= 4 is 32.6 Å². The summed E-state index contributed by atoms with van der Waals surface area (Å²) < 4.78 is 4.00. The predicted octanol–water partition coefficient (Wildman–Crippen LogP) is 2.20. The van der Waals surface area contributed by atoms with Crippen molar-refractivity contribution in [2.75, 3.05) is 13.1 Å². The third kappa shape index (κ3) is 2.53.